The van der Waals surface area contributed by atoms with Crippen molar-refractivity contribution in [1.29, 1.82) is 0 Å². The van der Waals surface area contributed by atoms with Gasteiger partial charge in [-0.2, -0.15) is 0 Å². The third kappa shape index (κ3) is 3.98. The van der Waals surface area contributed by atoms with Crippen molar-refractivity contribution in [2.45, 2.75) is 62.9 Å². The summed E-state index contributed by atoms with van der Waals surface area (Å²) >= 11 is 0. The van der Waals surface area contributed by atoms with Gasteiger partial charge < -0.3 is 10.1 Å². The van der Waals surface area contributed by atoms with Crippen LogP contribution in [0.4, 0.5) is 0 Å². The van der Waals surface area contributed by atoms with Crippen molar-refractivity contribution >= 4 is 15.9 Å². The predicted octanol–water partition coefficient (Wildman–Crippen LogP) is 2.44. The van der Waals surface area contributed by atoms with Gasteiger partial charge in [0.05, 0.1) is 7.11 Å². The number of ether oxygens (including phenoxy) is 1. The number of carbonyl (C=O) groups excluding carboxylic acids is 1. The molecule has 1 aromatic carbocycles. The number of hydrogen-bond acceptors (Lipinski definition) is 4. The summed E-state index contributed by atoms with van der Waals surface area (Å²) in [5.74, 6) is -0.00334. The Hall–Kier alpha value is -1.60. The Morgan fingerprint density at radius 3 is 2.52 bits per heavy atom. The number of carbonyl (C=O) groups is 1. The first-order valence-electron chi connectivity index (χ1n) is 8.74. The van der Waals surface area contributed by atoms with Crippen LogP contribution in [0.5, 0.6) is 5.75 Å². The van der Waals surface area contributed by atoms with Gasteiger partial charge in [0.1, 0.15) is 10.6 Å². The van der Waals surface area contributed by atoms with Crippen LogP contribution < -0.4 is 14.8 Å². The highest BCUT2D eigenvalue weighted by Crippen LogP contribution is 2.37. The number of benzene rings is 1. The van der Waals surface area contributed by atoms with Crippen LogP contribution in [0, 0.1) is 5.41 Å². The summed E-state index contributed by atoms with van der Waals surface area (Å²) < 4.78 is 32.9. The molecule has 3 rings (SSSR count). The molecule has 2 aliphatic rings. The van der Waals surface area contributed by atoms with Crippen LogP contribution in [0.3, 0.4) is 0 Å². The lowest BCUT2D eigenvalue weighted by Crippen LogP contribution is -2.41. The highest BCUT2D eigenvalue weighted by atomic mass is 32.2. The molecule has 0 saturated heterocycles. The van der Waals surface area contributed by atoms with Crippen molar-refractivity contribution in [3.63, 3.8) is 0 Å². The summed E-state index contributed by atoms with van der Waals surface area (Å²) in [5, 5.41) is 3.06. The molecule has 1 atom stereocenters. The highest BCUT2D eigenvalue weighted by molar-refractivity contribution is 7.89. The molecule has 6 nitrogen and oxygen atoms in total. The third-order valence-electron chi connectivity index (χ3n) is 5.18. The van der Waals surface area contributed by atoms with E-state index in [2.05, 4.69) is 23.9 Å². The van der Waals surface area contributed by atoms with Gasteiger partial charge in [-0.25, -0.2) is 13.1 Å². The molecule has 0 aliphatic heterocycles. The van der Waals surface area contributed by atoms with E-state index in [1.807, 2.05) is 0 Å². The molecular weight excluding hydrogens is 340 g/mol. The van der Waals surface area contributed by atoms with Gasteiger partial charge in [0.2, 0.25) is 10.0 Å². The smallest absolute Gasteiger partial charge is 0.251 e. The lowest BCUT2D eigenvalue weighted by atomic mass is 9.87. The normalized spacial score (nSPS) is 22.6. The van der Waals surface area contributed by atoms with E-state index in [1.54, 1.807) is 6.07 Å². The molecular formula is C18H26N2O4S. The van der Waals surface area contributed by atoms with Crippen molar-refractivity contribution in [2.75, 3.05) is 7.11 Å². The molecule has 1 unspecified atom stereocenters. The maximum absolute atomic E-state index is 12.6. The Balaban J connectivity index is 1.84. The minimum atomic E-state index is -3.70. The average molecular weight is 366 g/mol. The molecule has 7 heteroatoms. The van der Waals surface area contributed by atoms with Gasteiger partial charge in [-0.05, 0) is 49.3 Å². The fourth-order valence-electron chi connectivity index (χ4n) is 3.35. The first kappa shape index (κ1) is 18.2. The van der Waals surface area contributed by atoms with Crippen molar-refractivity contribution in [3.05, 3.63) is 23.8 Å². The van der Waals surface area contributed by atoms with E-state index in [0.717, 1.165) is 32.1 Å². The maximum atomic E-state index is 12.6. The quantitative estimate of drug-likeness (QED) is 0.810. The molecule has 0 bridgehead atoms. The Morgan fingerprint density at radius 2 is 1.96 bits per heavy atom. The molecule has 25 heavy (non-hydrogen) atoms. The number of amides is 1. The van der Waals surface area contributed by atoms with Crippen molar-refractivity contribution in [2.24, 2.45) is 5.41 Å². The molecule has 0 heterocycles. The van der Waals surface area contributed by atoms with Crippen LogP contribution in [0.25, 0.3) is 0 Å². The van der Waals surface area contributed by atoms with Gasteiger partial charge >= 0.3 is 0 Å². The maximum Gasteiger partial charge on any atom is 0.251 e. The van der Waals surface area contributed by atoms with E-state index in [-0.39, 0.29) is 34.1 Å². The lowest BCUT2D eigenvalue weighted by Gasteiger charge is -2.27. The Kier molecular flexibility index (Phi) is 4.81. The Morgan fingerprint density at radius 1 is 1.24 bits per heavy atom. The SMILES string of the molecule is COc1ccc(C(=O)NC2CCCC2(C)C)cc1S(=O)(=O)NC1CC1. The molecule has 2 saturated carbocycles. The first-order chi connectivity index (χ1) is 11.7. The summed E-state index contributed by atoms with van der Waals surface area (Å²) in [6, 6.07) is 4.64. The monoisotopic (exact) mass is 366 g/mol. The fourth-order valence-corrected chi connectivity index (χ4v) is 4.85. The second-order valence-corrected chi connectivity index (χ2v) is 9.35. The average Bonchev–Trinajstić information content (AvgIpc) is 3.29. The van der Waals surface area contributed by atoms with E-state index >= 15 is 0 Å². The van der Waals surface area contributed by atoms with Gasteiger partial charge in [-0.3, -0.25) is 4.79 Å². The molecule has 0 radical (unpaired) electrons. The topological polar surface area (TPSA) is 84.5 Å². The lowest BCUT2D eigenvalue weighted by molar-refractivity contribution is 0.0909. The van der Waals surface area contributed by atoms with Crippen molar-refractivity contribution in [3.8, 4) is 5.75 Å². The van der Waals surface area contributed by atoms with E-state index in [9.17, 15) is 13.2 Å². The number of rotatable bonds is 6. The highest BCUT2D eigenvalue weighted by Gasteiger charge is 2.36. The van der Waals surface area contributed by atoms with E-state index < -0.39 is 10.0 Å². The fraction of sp³-hybridized carbons (Fsp3) is 0.611. The minimum absolute atomic E-state index is 0.00789. The van der Waals surface area contributed by atoms with Gasteiger partial charge in [-0.1, -0.05) is 20.3 Å². The van der Waals surface area contributed by atoms with Gasteiger partial charge in [0.15, 0.2) is 0 Å². The summed E-state index contributed by atoms with van der Waals surface area (Å²) in [4.78, 5) is 12.6. The summed E-state index contributed by atoms with van der Waals surface area (Å²) in [5.41, 5.74) is 0.393. The first-order valence-corrected chi connectivity index (χ1v) is 10.2. The zero-order chi connectivity index (χ0) is 18.2. The number of methoxy groups -OCH3 is 1. The molecule has 0 spiro atoms. The summed E-state index contributed by atoms with van der Waals surface area (Å²) in [7, 11) is -2.28. The second-order valence-electron chi connectivity index (χ2n) is 7.67. The molecule has 0 aromatic heterocycles. The number of hydrogen-bond donors (Lipinski definition) is 2. The molecule has 2 N–H and O–H groups in total. The zero-order valence-electron chi connectivity index (χ0n) is 15.0. The summed E-state index contributed by atoms with van der Waals surface area (Å²) in [6.07, 6.45) is 4.80. The van der Waals surface area contributed by atoms with Crippen LogP contribution >= 0.6 is 0 Å². The Bertz CT molecular complexity index is 769. The Labute approximate surface area is 149 Å². The third-order valence-corrected chi connectivity index (χ3v) is 6.72. The van der Waals surface area contributed by atoms with Crippen molar-refractivity contribution in [1.82, 2.24) is 10.0 Å². The zero-order valence-corrected chi connectivity index (χ0v) is 15.8. The molecule has 2 aliphatic carbocycles. The van der Waals surface area contributed by atoms with E-state index in [4.69, 9.17) is 4.74 Å². The van der Waals surface area contributed by atoms with E-state index in [1.165, 1.54) is 19.2 Å². The molecule has 1 aromatic rings. The van der Waals surface area contributed by atoms with Gasteiger partial charge in [-0.15, -0.1) is 0 Å². The standard InChI is InChI=1S/C18H26N2O4S/c1-18(2)10-4-5-16(18)19-17(21)12-6-9-14(24-3)15(11-12)25(22,23)20-13-7-8-13/h6,9,11,13,16,20H,4-5,7-8,10H2,1-3H3,(H,19,21). The van der Waals surface area contributed by atoms with Gasteiger partial charge in [0.25, 0.3) is 5.91 Å². The minimum Gasteiger partial charge on any atom is -0.495 e. The molecule has 2 fully saturated rings. The predicted molar refractivity (Wildman–Crippen MR) is 95.2 cm³/mol. The number of nitrogens with one attached hydrogen (secondary N) is 2. The summed E-state index contributed by atoms with van der Waals surface area (Å²) in [6.45, 7) is 4.29. The van der Waals surface area contributed by atoms with Crippen LogP contribution in [-0.4, -0.2) is 33.5 Å². The van der Waals surface area contributed by atoms with Gasteiger partial charge in [0, 0.05) is 17.6 Å². The van der Waals surface area contributed by atoms with Crippen LogP contribution in [0.1, 0.15) is 56.3 Å². The van der Waals surface area contributed by atoms with Crippen LogP contribution in [0.15, 0.2) is 23.1 Å². The number of sulfonamides is 1. The van der Waals surface area contributed by atoms with Crippen LogP contribution in [0.2, 0.25) is 0 Å². The second kappa shape index (κ2) is 6.61. The van der Waals surface area contributed by atoms with Crippen LogP contribution in [-0.2, 0) is 10.0 Å². The molecule has 1 amide bonds. The van der Waals surface area contributed by atoms with Crippen molar-refractivity contribution < 1.29 is 17.9 Å². The molecule has 138 valence electrons. The van der Waals surface area contributed by atoms with E-state index in [0.29, 0.717) is 5.56 Å². The largest absolute Gasteiger partial charge is 0.495 e.